The number of fused-ring (bicyclic) bond motifs is 1. The van der Waals surface area contributed by atoms with E-state index in [1.54, 1.807) is 0 Å². The van der Waals surface area contributed by atoms with Crippen LogP contribution in [0.25, 0.3) is 16.5 Å². The molecule has 0 unspecified atom stereocenters. The standard InChI is InChI=1S/C14H16N4/c1-15-11-3-4-13-12(9-11)14(17-16-13)10-5-7-18(2)8-6-10/h3-7,9,15H,8H2,1-2H3,(H,16,17). The summed E-state index contributed by atoms with van der Waals surface area (Å²) in [5.74, 6) is 0. The number of hydrogen-bond donors (Lipinski definition) is 2. The number of rotatable bonds is 2. The number of benzene rings is 1. The van der Waals surface area contributed by atoms with Gasteiger partial charge in [-0.2, -0.15) is 5.10 Å². The number of nitrogens with zero attached hydrogens (tertiary/aromatic N) is 2. The van der Waals surface area contributed by atoms with Crippen molar-refractivity contribution in [1.29, 1.82) is 0 Å². The van der Waals surface area contributed by atoms with Gasteiger partial charge in [0.05, 0.1) is 11.2 Å². The van der Waals surface area contributed by atoms with Crippen LogP contribution in [0.1, 0.15) is 5.69 Å². The molecule has 0 amide bonds. The van der Waals surface area contributed by atoms with Crippen molar-refractivity contribution in [1.82, 2.24) is 15.1 Å². The van der Waals surface area contributed by atoms with Gasteiger partial charge in [-0.15, -0.1) is 0 Å². The first-order chi connectivity index (χ1) is 8.78. The highest BCUT2D eigenvalue weighted by Gasteiger charge is 2.11. The van der Waals surface area contributed by atoms with Crippen molar-refractivity contribution in [2.75, 3.05) is 26.0 Å². The maximum atomic E-state index is 4.43. The molecule has 4 heteroatoms. The van der Waals surface area contributed by atoms with Gasteiger partial charge in [0, 0.05) is 37.3 Å². The Labute approximate surface area is 106 Å². The molecule has 4 nitrogen and oxygen atoms in total. The number of H-pyrrole nitrogens is 1. The number of anilines is 1. The topological polar surface area (TPSA) is 44.0 Å². The number of nitrogens with one attached hydrogen (secondary N) is 2. The van der Waals surface area contributed by atoms with Gasteiger partial charge in [0.1, 0.15) is 0 Å². The number of allylic oxidation sites excluding steroid dienone is 2. The number of likely N-dealkylation sites (N-methyl/N-ethyl adjacent to an activating group) is 1. The van der Waals surface area contributed by atoms with E-state index in [4.69, 9.17) is 0 Å². The molecule has 0 saturated carbocycles. The maximum absolute atomic E-state index is 4.43. The van der Waals surface area contributed by atoms with Gasteiger partial charge in [-0.3, -0.25) is 5.10 Å². The van der Waals surface area contributed by atoms with E-state index < -0.39 is 0 Å². The summed E-state index contributed by atoms with van der Waals surface area (Å²) < 4.78 is 0. The lowest BCUT2D eigenvalue weighted by atomic mass is 10.1. The Hall–Kier alpha value is -2.23. The third kappa shape index (κ3) is 1.76. The predicted octanol–water partition coefficient (Wildman–Crippen LogP) is 2.45. The highest BCUT2D eigenvalue weighted by Crippen LogP contribution is 2.27. The van der Waals surface area contributed by atoms with Gasteiger partial charge < -0.3 is 10.2 Å². The number of hydrogen-bond acceptors (Lipinski definition) is 3. The molecule has 3 rings (SSSR count). The fourth-order valence-corrected chi connectivity index (χ4v) is 2.14. The van der Waals surface area contributed by atoms with E-state index in [9.17, 15) is 0 Å². The second kappa shape index (κ2) is 4.22. The minimum absolute atomic E-state index is 0.923. The molecule has 2 N–H and O–H groups in total. The first-order valence-electron chi connectivity index (χ1n) is 6.03. The monoisotopic (exact) mass is 240 g/mol. The first-order valence-corrected chi connectivity index (χ1v) is 6.03. The summed E-state index contributed by atoms with van der Waals surface area (Å²) in [6.07, 6.45) is 6.38. The van der Waals surface area contributed by atoms with E-state index in [1.165, 1.54) is 5.57 Å². The highest BCUT2D eigenvalue weighted by atomic mass is 15.1. The average Bonchev–Trinajstić information content (AvgIpc) is 2.82. The van der Waals surface area contributed by atoms with Crippen molar-refractivity contribution in [3.8, 4) is 0 Å². The van der Waals surface area contributed by atoms with Gasteiger partial charge >= 0.3 is 0 Å². The fourth-order valence-electron chi connectivity index (χ4n) is 2.14. The lowest BCUT2D eigenvalue weighted by molar-refractivity contribution is 0.506. The molecular weight excluding hydrogens is 224 g/mol. The quantitative estimate of drug-likeness (QED) is 0.847. The van der Waals surface area contributed by atoms with Gasteiger partial charge in [0.2, 0.25) is 0 Å². The summed E-state index contributed by atoms with van der Waals surface area (Å²) in [5, 5.41) is 11.8. The van der Waals surface area contributed by atoms with Gasteiger partial charge in [-0.1, -0.05) is 6.08 Å². The second-order valence-corrected chi connectivity index (χ2v) is 4.50. The Balaban J connectivity index is 2.09. The van der Waals surface area contributed by atoms with Gasteiger partial charge in [0.15, 0.2) is 0 Å². The zero-order chi connectivity index (χ0) is 12.5. The number of aromatic nitrogens is 2. The minimum Gasteiger partial charge on any atom is -0.388 e. The van der Waals surface area contributed by atoms with E-state index in [0.29, 0.717) is 0 Å². The Kier molecular flexibility index (Phi) is 2.55. The van der Waals surface area contributed by atoms with E-state index in [2.05, 4.69) is 57.9 Å². The Morgan fingerprint density at radius 3 is 3.00 bits per heavy atom. The molecule has 0 bridgehead atoms. The summed E-state index contributed by atoms with van der Waals surface area (Å²) in [6, 6.07) is 6.22. The van der Waals surface area contributed by atoms with Crippen LogP contribution in [-0.4, -0.2) is 35.7 Å². The zero-order valence-electron chi connectivity index (χ0n) is 10.6. The van der Waals surface area contributed by atoms with Crippen LogP contribution in [0.15, 0.2) is 36.6 Å². The molecule has 0 aliphatic carbocycles. The molecule has 1 aromatic heterocycles. The molecule has 0 radical (unpaired) electrons. The largest absolute Gasteiger partial charge is 0.388 e. The lowest BCUT2D eigenvalue weighted by Crippen LogP contribution is -2.13. The average molecular weight is 240 g/mol. The van der Waals surface area contributed by atoms with Crippen LogP contribution in [0.2, 0.25) is 0 Å². The van der Waals surface area contributed by atoms with E-state index in [0.717, 1.165) is 28.8 Å². The van der Waals surface area contributed by atoms with E-state index in [1.807, 2.05) is 13.1 Å². The molecule has 1 aliphatic rings. The molecule has 0 atom stereocenters. The third-order valence-electron chi connectivity index (χ3n) is 3.23. The predicted molar refractivity (Wildman–Crippen MR) is 75.4 cm³/mol. The molecular formula is C14H16N4. The summed E-state index contributed by atoms with van der Waals surface area (Å²) >= 11 is 0. The van der Waals surface area contributed by atoms with Crippen LogP contribution in [0.5, 0.6) is 0 Å². The SMILES string of the molecule is CNc1ccc2[nH]nc(C3=CCN(C)C=C3)c2c1. The maximum Gasteiger partial charge on any atom is 0.0998 e. The summed E-state index contributed by atoms with van der Waals surface area (Å²) in [4.78, 5) is 2.14. The molecule has 2 heterocycles. The molecule has 1 aliphatic heterocycles. The van der Waals surface area contributed by atoms with Crippen molar-refractivity contribution >= 4 is 22.2 Å². The van der Waals surface area contributed by atoms with Crippen molar-refractivity contribution in [2.45, 2.75) is 0 Å². The van der Waals surface area contributed by atoms with Gasteiger partial charge in [0.25, 0.3) is 0 Å². The van der Waals surface area contributed by atoms with E-state index in [-0.39, 0.29) is 0 Å². The molecule has 18 heavy (non-hydrogen) atoms. The summed E-state index contributed by atoms with van der Waals surface area (Å²) in [5.41, 5.74) is 4.36. The molecule has 92 valence electrons. The van der Waals surface area contributed by atoms with Crippen molar-refractivity contribution in [3.63, 3.8) is 0 Å². The highest BCUT2D eigenvalue weighted by molar-refractivity contribution is 5.94. The van der Waals surface area contributed by atoms with E-state index >= 15 is 0 Å². The van der Waals surface area contributed by atoms with Crippen LogP contribution in [0, 0.1) is 0 Å². The third-order valence-corrected chi connectivity index (χ3v) is 3.23. The van der Waals surface area contributed by atoms with Crippen molar-refractivity contribution in [2.24, 2.45) is 0 Å². The summed E-state index contributed by atoms with van der Waals surface area (Å²) in [6.45, 7) is 0.923. The first kappa shape index (κ1) is 10.9. The normalized spacial score (nSPS) is 15.0. The van der Waals surface area contributed by atoms with Crippen LogP contribution < -0.4 is 5.32 Å². The molecule has 0 saturated heterocycles. The van der Waals surface area contributed by atoms with Crippen LogP contribution in [-0.2, 0) is 0 Å². The van der Waals surface area contributed by atoms with Gasteiger partial charge in [-0.05, 0) is 30.5 Å². The Bertz CT molecular complexity index is 636. The minimum atomic E-state index is 0.923. The van der Waals surface area contributed by atoms with Crippen LogP contribution in [0.3, 0.4) is 0 Å². The van der Waals surface area contributed by atoms with Crippen molar-refractivity contribution in [3.05, 3.63) is 42.2 Å². The zero-order valence-corrected chi connectivity index (χ0v) is 10.6. The Morgan fingerprint density at radius 1 is 1.39 bits per heavy atom. The number of aromatic amines is 1. The fraction of sp³-hybridized carbons (Fsp3) is 0.214. The van der Waals surface area contributed by atoms with Crippen LogP contribution >= 0.6 is 0 Å². The van der Waals surface area contributed by atoms with Crippen molar-refractivity contribution < 1.29 is 0 Å². The molecule has 2 aromatic rings. The Morgan fingerprint density at radius 2 is 2.28 bits per heavy atom. The van der Waals surface area contributed by atoms with Gasteiger partial charge in [-0.25, -0.2) is 0 Å². The molecule has 0 fully saturated rings. The molecule has 0 spiro atoms. The molecule has 1 aromatic carbocycles. The smallest absolute Gasteiger partial charge is 0.0998 e. The second-order valence-electron chi connectivity index (χ2n) is 4.50. The lowest BCUT2D eigenvalue weighted by Gasteiger charge is -2.16. The van der Waals surface area contributed by atoms with Crippen LogP contribution in [0.4, 0.5) is 5.69 Å². The summed E-state index contributed by atoms with van der Waals surface area (Å²) in [7, 11) is 3.99.